The van der Waals surface area contributed by atoms with Gasteiger partial charge in [0.05, 0.1) is 24.5 Å². The second-order valence-corrected chi connectivity index (χ2v) is 4.31. The Morgan fingerprint density at radius 2 is 2.19 bits per heavy atom. The molecule has 16 heavy (non-hydrogen) atoms. The zero-order chi connectivity index (χ0) is 11.5. The first-order valence-corrected chi connectivity index (χ1v) is 5.68. The lowest BCUT2D eigenvalue weighted by Crippen LogP contribution is -2.15. The van der Waals surface area contributed by atoms with E-state index in [1.54, 1.807) is 6.20 Å². The van der Waals surface area contributed by atoms with Gasteiger partial charge in [-0.3, -0.25) is 0 Å². The third-order valence-electron chi connectivity index (χ3n) is 2.31. The van der Waals surface area contributed by atoms with Gasteiger partial charge in [0.2, 0.25) is 0 Å². The number of nitrogens with one attached hydrogen (secondary N) is 1. The highest BCUT2D eigenvalue weighted by atomic mass is 79.9. The van der Waals surface area contributed by atoms with Crippen LogP contribution >= 0.6 is 15.9 Å². The number of hydrogen-bond donors (Lipinski definition) is 3. The molecule has 0 aliphatic carbocycles. The Balaban J connectivity index is 2.35. The molecule has 2 aromatic rings. The van der Waals surface area contributed by atoms with E-state index >= 15 is 0 Å². The Morgan fingerprint density at radius 1 is 1.44 bits per heavy atom. The number of H-pyrrole nitrogens is 1. The number of halogens is 1. The van der Waals surface area contributed by atoms with Crippen LogP contribution in [0.3, 0.4) is 0 Å². The number of aliphatic hydroxyl groups is 1. The number of imidazole rings is 1. The Bertz CT molecular complexity index is 484. The summed E-state index contributed by atoms with van der Waals surface area (Å²) < 4.78 is 0.989. The van der Waals surface area contributed by atoms with E-state index in [1.165, 1.54) is 0 Å². The molecule has 1 aromatic carbocycles. The van der Waals surface area contributed by atoms with Gasteiger partial charge in [0.1, 0.15) is 5.82 Å². The summed E-state index contributed by atoms with van der Waals surface area (Å²) in [5, 5.41) is 8.93. The van der Waals surface area contributed by atoms with Crippen LogP contribution in [0.4, 0.5) is 0 Å². The molecule has 0 saturated carbocycles. The summed E-state index contributed by atoms with van der Waals surface area (Å²) in [7, 11) is 0. The van der Waals surface area contributed by atoms with E-state index < -0.39 is 6.04 Å². The van der Waals surface area contributed by atoms with E-state index in [9.17, 15) is 0 Å². The molecule has 0 radical (unpaired) electrons. The zero-order valence-electron chi connectivity index (χ0n) is 8.52. The molecule has 4 N–H and O–H groups in total. The van der Waals surface area contributed by atoms with E-state index in [2.05, 4.69) is 25.9 Å². The molecule has 0 fully saturated rings. The number of aliphatic hydroxyl groups excluding tert-OH is 1. The molecule has 4 nitrogen and oxygen atoms in total. The van der Waals surface area contributed by atoms with Gasteiger partial charge in [-0.2, -0.15) is 0 Å². The first-order chi connectivity index (χ1) is 7.72. The zero-order valence-corrected chi connectivity index (χ0v) is 10.1. The summed E-state index contributed by atoms with van der Waals surface area (Å²) in [4.78, 5) is 7.24. The van der Waals surface area contributed by atoms with Crippen LogP contribution < -0.4 is 5.73 Å². The van der Waals surface area contributed by atoms with Crippen molar-refractivity contribution in [2.45, 2.75) is 6.04 Å². The van der Waals surface area contributed by atoms with E-state index in [0.29, 0.717) is 5.82 Å². The quantitative estimate of drug-likeness (QED) is 0.804. The van der Waals surface area contributed by atoms with Crippen LogP contribution in [-0.4, -0.2) is 21.7 Å². The van der Waals surface area contributed by atoms with E-state index in [4.69, 9.17) is 10.8 Å². The van der Waals surface area contributed by atoms with E-state index in [0.717, 1.165) is 15.7 Å². The minimum atomic E-state index is -0.462. The number of aromatic amines is 1. The number of nitrogens with two attached hydrogens (primary N) is 1. The maximum absolute atomic E-state index is 8.93. The van der Waals surface area contributed by atoms with E-state index in [1.807, 2.05) is 24.3 Å². The predicted octanol–water partition coefficient (Wildman–Crippen LogP) is 1.83. The van der Waals surface area contributed by atoms with Crippen molar-refractivity contribution in [2.24, 2.45) is 5.73 Å². The van der Waals surface area contributed by atoms with Crippen molar-refractivity contribution in [2.75, 3.05) is 6.61 Å². The number of benzene rings is 1. The summed E-state index contributed by atoms with van der Waals surface area (Å²) in [6.45, 7) is -0.122. The molecule has 0 aliphatic rings. The molecular formula is C11H12BrN3O. The lowest BCUT2D eigenvalue weighted by molar-refractivity contribution is 0.264. The largest absolute Gasteiger partial charge is 0.394 e. The SMILES string of the molecule is NC(CO)c1ncc(-c2ccccc2Br)[nH]1. The number of hydrogen-bond acceptors (Lipinski definition) is 3. The first-order valence-electron chi connectivity index (χ1n) is 4.88. The van der Waals surface area contributed by atoms with Gasteiger partial charge in [0.15, 0.2) is 0 Å². The van der Waals surface area contributed by atoms with Gasteiger partial charge in [-0.1, -0.05) is 34.1 Å². The van der Waals surface area contributed by atoms with Crippen LogP contribution in [0.15, 0.2) is 34.9 Å². The van der Waals surface area contributed by atoms with Crippen molar-refractivity contribution in [3.8, 4) is 11.3 Å². The average Bonchev–Trinajstić information content (AvgIpc) is 2.78. The highest BCUT2D eigenvalue weighted by molar-refractivity contribution is 9.10. The van der Waals surface area contributed by atoms with Crippen molar-refractivity contribution in [3.63, 3.8) is 0 Å². The maximum atomic E-state index is 8.93. The molecule has 1 heterocycles. The molecule has 2 rings (SSSR count). The lowest BCUT2D eigenvalue weighted by Gasteiger charge is -2.03. The molecular weight excluding hydrogens is 270 g/mol. The second kappa shape index (κ2) is 4.78. The second-order valence-electron chi connectivity index (χ2n) is 3.45. The third-order valence-corrected chi connectivity index (χ3v) is 3.00. The monoisotopic (exact) mass is 281 g/mol. The molecule has 1 unspecified atom stereocenters. The van der Waals surface area contributed by atoms with Crippen molar-refractivity contribution >= 4 is 15.9 Å². The van der Waals surface area contributed by atoms with Crippen LogP contribution in [0.5, 0.6) is 0 Å². The summed E-state index contributed by atoms with van der Waals surface area (Å²) in [5.74, 6) is 0.591. The lowest BCUT2D eigenvalue weighted by atomic mass is 10.2. The molecule has 0 amide bonds. The van der Waals surface area contributed by atoms with Crippen LogP contribution in [0.2, 0.25) is 0 Å². The molecule has 0 spiro atoms. The summed E-state index contributed by atoms with van der Waals surface area (Å²) >= 11 is 3.47. The fourth-order valence-corrected chi connectivity index (χ4v) is 1.93. The maximum Gasteiger partial charge on any atom is 0.125 e. The van der Waals surface area contributed by atoms with Crippen molar-refractivity contribution < 1.29 is 5.11 Å². The Kier molecular flexibility index (Phi) is 3.38. The fourth-order valence-electron chi connectivity index (χ4n) is 1.43. The van der Waals surface area contributed by atoms with Crippen LogP contribution in [-0.2, 0) is 0 Å². The van der Waals surface area contributed by atoms with Gasteiger partial charge >= 0.3 is 0 Å². The standard InChI is InChI=1S/C11H12BrN3O/c12-8-4-2-1-3-7(8)10-5-14-11(15-10)9(13)6-16/h1-5,9,16H,6,13H2,(H,14,15). The molecule has 1 atom stereocenters. The molecule has 84 valence electrons. The topological polar surface area (TPSA) is 74.9 Å². The predicted molar refractivity (Wildman–Crippen MR) is 65.7 cm³/mol. The summed E-state index contributed by atoms with van der Waals surface area (Å²) in [6.07, 6.45) is 1.71. The number of rotatable bonds is 3. The highest BCUT2D eigenvalue weighted by Crippen LogP contribution is 2.26. The fraction of sp³-hybridized carbons (Fsp3) is 0.182. The molecule has 1 aromatic heterocycles. The molecule has 0 saturated heterocycles. The Morgan fingerprint density at radius 3 is 2.88 bits per heavy atom. The summed E-state index contributed by atoms with van der Waals surface area (Å²) in [6, 6.07) is 7.38. The Hall–Kier alpha value is -1.17. The van der Waals surface area contributed by atoms with Crippen molar-refractivity contribution in [1.82, 2.24) is 9.97 Å². The van der Waals surface area contributed by atoms with Gasteiger partial charge in [-0.15, -0.1) is 0 Å². The number of aromatic nitrogens is 2. The average molecular weight is 282 g/mol. The van der Waals surface area contributed by atoms with Crippen molar-refractivity contribution in [1.29, 1.82) is 0 Å². The van der Waals surface area contributed by atoms with Gasteiger partial charge in [0.25, 0.3) is 0 Å². The molecule has 0 aliphatic heterocycles. The van der Waals surface area contributed by atoms with E-state index in [-0.39, 0.29) is 6.61 Å². The molecule has 0 bridgehead atoms. The van der Waals surface area contributed by atoms with Crippen molar-refractivity contribution in [3.05, 3.63) is 40.8 Å². The molecule has 5 heteroatoms. The highest BCUT2D eigenvalue weighted by Gasteiger charge is 2.10. The minimum absolute atomic E-state index is 0.122. The third kappa shape index (κ3) is 2.16. The van der Waals surface area contributed by atoms with Gasteiger partial charge < -0.3 is 15.8 Å². The van der Waals surface area contributed by atoms with Gasteiger partial charge in [0, 0.05) is 10.0 Å². The Labute approximate surface area is 102 Å². The minimum Gasteiger partial charge on any atom is -0.394 e. The van der Waals surface area contributed by atoms with Crippen LogP contribution in [0, 0.1) is 0 Å². The smallest absolute Gasteiger partial charge is 0.125 e. The summed E-state index contributed by atoms with van der Waals surface area (Å²) in [5.41, 5.74) is 7.57. The number of nitrogens with zero attached hydrogens (tertiary/aromatic N) is 1. The van der Waals surface area contributed by atoms with Crippen LogP contribution in [0.1, 0.15) is 11.9 Å². The van der Waals surface area contributed by atoms with Gasteiger partial charge in [-0.05, 0) is 6.07 Å². The first kappa shape index (κ1) is 11.3. The van der Waals surface area contributed by atoms with Crippen LogP contribution in [0.25, 0.3) is 11.3 Å². The van der Waals surface area contributed by atoms with Gasteiger partial charge in [-0.25, -0.2) is 4.98 Å². The normalized spacial score (nSPS) is 12.7.